The molecule has 4 unspecified atom stereocenters. The molecule has 12 nitrogen and oxygen atoms in total. The molecule has 1 fully saturated rings. The monoisotopic (exact) mass is 587 g/mol. The second kappa shape index (κ2) is 11.5. The van der Waals surface area contributed by atoms with Gasteiger partial charge in [-0.25, -0.2) is 8.42 Å². The molecule has 208 valence electrons. The fraction of sp³-hybridized carbons (Fsp3) is 0.231. The summed E-state index contributed by atoms with van der Waals surface area (Å²) in [5.41, 5.74) is -0.0348. The standard InChI is InChI=1S/C26H22ClN3O9S/c1-2-39-26(32)25-22(16-7-13-20(14-8-16)30(35)36)28-21(15-5-11-19(12-6-15)29(33)34)24(40(25,37)38)23(31)17-3-9-18(27)10-4-17/h3-14,21-22,24-25,28H,2H2,1H3. The van der Waals surface area contributed by atoms with E-state index < -0.39 is 54.0 Å². The zero-order chi connectivity index (χ0) is 29.2. The lowest BCUT2D eigenvalue weighted by molar-refractivity contribution is -0.385. The van der Waals surface area contributed by atoms with Gasteiger partial charge in [-0.15, -0.1) is 0 Å². The number of carbonyl (C=O) groups excluding carboxylic acids is 2. The van der Waals surface area contributed by atoms with Crippen LogP contribution >= 0.6 is 11.6 Å². The predicted molar refractivity (Wildman–Crippen MR) is 144 cm³/mol. The van der Waals surface area contributed by atoms with E-state index in [1.165, 1.54) is 67.6 Å². The lowest BCUT2D eigenvalue weighted by atomic mass is 9.93. The minimum absolute atomic E-state index is 0.0167. The zero-order valence-electron chi connectivity index (χ0n) is 20.8. The molecule has 14 heteroatoms. The molecule has 0 spiro atoms. The van der Waals surface area contributed by atoms with Crippen molar-refractivity contribution in [1.82, 2.24) is 5.32 Å². The van der Waals surface area contributed by atoms with Gasteiger partial charge in [0, 0.05) is 34.9 Å². The number of hydrogen-bond donors (Lipinski definition) is 1. The van der Waals surface area contributed by atoms with Crippen molar-refractivity contribution in [3.63, 3.8) is 0 Å². The lowest BCUT2D eigenvalue weighted by Crippen LogP contribution is -2.59. The Kier molecular flexibility index (Phi) is 8.28. The maximum atomic E-state index is 14.2. The minimum atomic E-state index is -4.68. The van der Waals surface area contributed by atoms with Gasteiger partial charge in [-0.3, -0.25) is 35.1 Å². The fourth-order valence-electron chi connectivity index (χ4n) is 4.63. The van der Waals surface area contributed by atoms with E-state index in [4.69, 9.17) is 16.3 Å². The van der Waals surface area contributed by atoms with Gasteiger partial charge in [0.25, 0.3) is 11.4 Å². The summed E-state index contributed by atoms with van der Waals surface area (Å²) < 4.78 is 33.5. The van der Waals surface area contributed by atoms with Crippen molar-refractivity contribution in [3.05, 3.63) is 115 Å². The molecule has 0 saturated carbocycles. The van der Waals surface area contributed by atoms with Crippen LogP contribution in [0.5, 0.6) is 0 Å². The van der Waals surface area contributed by atoms with Gasteiger partial charge >= 0.3 is 5.97 Å². The molecule has 0 aromatic heterocycles. The van der Waals surface area contributed by atoms with E-state index in [0.29, 0.717) is 5.02 Å². The number of nitrogens with one attached hydrogen (secondary N) is 1. The Hall–Kier alpha value is -4.20. The Bertz CT molecular complexity index is 1560. The van der Waals surface area contributed by atoms with Crippen LogP contribution in [0.15, 0.2) is 72.8 Å². The summed E-state index contributed by atoms with van der Waals surface area (Å²) in [6, 6.07) is 13.0. The molecule has 40 heavy (non-hydrogen) atoms. The molecule has 4 rings (SSSR count). The van der Waals surface area contributed by atoms with Crippen molar-refractivity contribution in [2.24, 2.45) is 0 Å². The molecule has 0 aliphatic carbocycles. The smallest absolute Gasteiger partial charge is 0.326 e. The van der Waals surface area contributed by atoms with Crippen LogP contribution in [0.25, 0.3) is 0 Å². The van der Waals surface area contributed by atoms with E-state index in [0.717, 1.165) is 12.1 Å². The normalized spacial score (nSPS) is 21.8. The number of rotatable bonds is 8. The number of nitrogens with zero attached hydrogens (tertiary/aromatic N) is 2. The highest BCUT2D eigenvalue weighted by molar-refractivity contribution is 7.94. The maximum absolute atomic E-state index is 14.2. The summed E-state index contributed by atoms with van der Waals surface area (Å²) in [6.07, 6.45) is 0. The van der Waals surface area contributed by atoms with Crippen molar-refractivity contribution in [2.45, 2.75) is 29.5 Å². The summed E-state index contributed by atoms with van der Waals surface area (Å²) in [6.45, 7) is 1.36. The van der Waals surface area contributed by atoms with Gasteiger partial charge < -0.3 is 4.74 Å². The van der Waals surface area contributed by atoms with Crippen LogP contribution in [0.3, 0.4) is 0 Å². The molecule has 0 amide bonds. The number of carbonyl (C=O) groups is 2. The van der Waals surface area contributed by atoms with Crippen molar-refractivity contribution in [3.8, 4) is 0 Å². The Morgan fingerprint density at radius 3 is 1.70 bits per heavy atom. The first-order valence-corrected chi connectivity index (χ1v) is 13.9. The van der Waals surface area contributed by atoms with Gasteiger partial charge in [0.15, 0.2) is 20.9 Å². The van der Waals surface area contributed by atoms with E-state index in [1.54, 1.807) is 0 Å². The number of esters is 1. The summed E-state index contributed by atoms with van der Waals surface area (Å²) in [7, 11) is -4.68. The molecular weight excluding hydrogens is 566 g/mol. The van der Waals surface area contributed by atoms with Crippen molar-refractivity contribution >= 4 is 44.6 Å². The Balaban J connectivity index is 1.90. The average molecular weight is 588 g/mol. The molecule has 0 bridgehead atoms. The van der Waals surface area contributed by atoms with E-state index in [2.05, 4.69) is 5.32 Å². The van der Waals surface area contributed by atoms with E-state index in [1.807, 2.05) is 0 Å². The number of sulfone groups is 1. The molecule has 4 atom stereocenters. The largest absolute Gasteiger partial charge is 0.465 e. The number of nitro groups is 2. The molecule has 1 aliphatic rings. The molecule has 1 heterocycles. The van der Waals surface area contributed by atoms with Crippen molar-refractivity contribution < 1.29 is 32.6 Å². The van der Waals surface area contributed by atoms with Gasteiger partial charge in [-0.2, -0.15) is 0 Å². The first kappa shape index (κ1) is 28.8. The van der Waals surface area contributed by atoms with Gasteiger partial charge in [0.1, 0.15) is 5.25 Å². The number of benzene rings is 3. The number of hydrogen-bond acceptors (Lipinski definition) is 10. The zero-order valence-corrected chi connectivity index (χ0v) is 22.4. The van der Waals surface area contributed by atoms with Gasteiger partial charge in [-0.1, -0.05) is 35.9 Å². The summed E-state index contributed by atoms with van der Waals surface area (Å²) in [5.74, 6) is -1.93. The van der Waals surface area contributed by atoms with Crippen LogP contribution in [0.2, 0.25) is 5.02 Å². The lowest BCUT2D eigenvalue weighted by Gasteiger charge is -2.41. The van der Waals surface area contributed by atoms with Crippen LogP contribution in [-0.2, 0) is 19.4 Å². The third kappa shape index (κ3) is 5.57. The van der Waals surface area contributed by atoms with Crippen LogP contribution in [0.4, 0.5) is 11.4 Å². The molecule has 0 radical (unpaired) electrons. The molecule has 1 N–H and O–H groups in total. The molecular formula is C26H22ClN3O9S. The predicted octanol–water partition coefficient (Wildman–Crippen LogP) is 4.14. The van der Waals surface area contributed by atoms with Crippen LogP contribution in [0, 0.1) is 20.2 Å². The number of halogens is 1. The van der Waals surface area contributed by atoms with Crippen molar-refractivity contribution in [2.75, 3.05) is 6.61 Å². The Labute approximate surface area is 233 Å². The fourth-order valence-corrected chi connectivity index (χ4v) is 7.07. The van der Waals surface area contributed by atoms with Crippen LogP contribution in [0.1, 0.15) is 40.5 Å². The SMILES string of the molecule is CCOC(=O)C1C(c2ccc([N+](=O)[O-])cc2)NC(c2ccc([N+](=O)[O-])cc2)C(C(=O)c2ccc(Cl)cc2)S1(=O)=O. The Morgan fingerprint density at radius 1 is 0.825 bits per heavy atom. The summed E-state index contributed by atoms with van der Waals surface area (Å²) in [4.78, 5) is 48.0. The second-order valence-electron chi connectivity index (χ2n) is 8.87. The van der Waals surface area contributed by atoms with E-state index in [-0.39, 0.29) is 34.7 Å². The highest BCUT2D eigenvalue weighted by atomic mass is 35.5. The third-order valence-corrected chi connectivity index (χ3v) is 9.12. The number of non-ortho nitro benzene ring substituents is 2. The number of Topliss-reactive ketones (excluding diaryl/α,β-unsaturated/α-hetero) is 1. The highest BCUT2D eigenvalue weighted by Crippen LogP contribution is 2.40. The highest BCUT2D eigenvalue weighted by Gasteiger charge is 2.56. The molecule has 3 aromatic rings. The summed E-state index contributed by atoms with van der Waals surface area (Å²) >= 11 is 5.94. The van der Waals surface area contributed by atoms with Crippen LogP contribution in [-0.4, -0.2) is 47.1 Å². The van der Waals surface area contributed by atoms with Crippen LogP contribution < -0.4 is 5.32 Å². The number of ether oxygens (including phenoxy) is 1. The Morgan fingerprint density at radius 2 is 1.27 bits per heavy atom. The maximum Gasteiger partial charge on any atom is 0.326 e. The molecule has 3 aromatic carbocycles. The van der Waals surface area contributed by atoms with Gasteiger partial charge in [0.2, 0.25) is 0 Å². The van der Waals surface area contributed by atoms with E-state index >= 15 is 0 Å². The molecule has 1 saturated heterocycles. The van der Waals surface area contributed by atoms with Crippen molar-refractivity contribution in [1.29, 1.82) is 0 Å². The first-order valence-electron chi connectivity index (χ1n) is 11.9. The minimum Gasteiger partial charge on any atom is -0.465 e. The van der Waals surface area contributed by atoms with Gasteiger partial charge in [0.05, 0.1) is 28.5 Å². The number of nitro benzene ring substituents is 2. The average Bonchev–Trinajstić information content (AvgIpc) is 2.92. The van der Waals surface area contributed by atoms with E-state index in [9.17, 15) is 38.2 Å². The van der Waals surface area contributed by atoms with Gasteiger partial charge in [-0.05, 0) is 42.3 Å². The summed E-state index contributed by atoms with van der Waals surface area (Å²) in [5, 5.41) is 22.0. The molecule has 1 aliphatic heterocycles. The topological polar surface area (TPSA) is 176 Å². The second-order valence-corrected chi connectivity index (χ2v) is 11.5. The third-order valence-electron chi connectivity index (χ3n) is 6.50. The quantitative estimate of drug-likeness (QED) is 0.174. The first-order chi connectivity index (χ1) is 18.9. The number of ketones is 1.